The molecule has 1 heterocycles. The summed E-state index contributed by atoms with van der Waals surface area (Å²) in [5.41, 5.74) is 1.88. The second-order valence-corrected chi connectivity index (χ2v) is 4.50. The van der Waals surface area contributed by atoms with Gasteiger partial charge in [0.1, 0.15) is 0 Å². The Bertz CT molecular complexity index is 386. The fraction of sp³-hybridized carbons (Fsp3) is 0.500. The van der Waals surface area contributed by atoms with Crippen LogP contribution in [0.5, 0.6) is 0 Å². The summed E-state index contributed by atoms with van der Waals surface area (Å²) in [6.45, 7) is 3.07. The van der Waals surface area contributed by atoms with Gasteiger partial charge in [0.2, 0.25) is 0 Å². The fourth-order valence-electron chi connectivity index (χ4n) is 2.41. The highest BCUT2D eigenvalue weighted by Gasteiger charge is 2.23. The van der Waals surface area contributed by atoms with Crippen LogP contribution in [0.4, 0.5) is 5.69 Å². The number of nitrogens with zero attached hydrogens (tertiary/aromatic N) is 1. The number of aliphatic hydroxyl groups is 1. The summed E-state index contributed by atoms with van der Waals surface area (Å²) in [4.78, 5) is 13.7. The number of hydrogen-bond acceptors (Lipinski definition) is 3. The first kappa shape index (κ1) is 12.1. The highest BCUT2D eigenvalue weighted by Crippen LogP contribution is 2.25. The molecule has 0 aliphatic carbocycles. The zero-order valence-corrected chi connectivity index (χ0v) is 10.2. The molecule has 1 aliphatic heterocycles. The maximum absolute atomic E-state index is 11.5. The van der Waals surface area contributed by atoms with E-state index in [4.69, 9.17) is 0 Å². The van der Waals surface area contributed by atoms with E-state index in [9.17, 15) is 9.90 Å². The molecule has 1 atom stereocenters. The van der Waals surface area contributed by atoms with E-state index >= 15 is 0 Å². The van der Waals surface area contributed by atoms with Gasteiger partial charge in [0.05, 0.1) is 12.6 Å². The molecule has 1 fully saturated rings. The first-order valence-corrected chi connectivity index (χ1v) is 6.27. The molecule has 17 heavy (non-hydrogen) atoms. The summed E-state index contributed by atoms with van der Waals surface area (Å²) in [6.07, 6.45) is 2.72. The molecular weight excluding hydrogens is 214 g/mol. The quantitative estimate of drug-likeness (QED) is 0.811. The molecular formula is C14H19NO2. The lowest BCUT2D eigenvalue weighted by Crippen LogP contribution is -2.31. The molecule has 2 rings (SSSR count). The molecule has 1 aromatic carbocycles. The van der Waals surface area contributed by atoms with E-state index < -0.39 is 0 Å². The molecule has 1 aliphatic rings. The van der Waals surface area contributed by atoms with E-state index in [1.54, 1.807) is 0 Å². The maximum Gasteiger partial charge on any atom is 0.162 e. The smallest absolute Gasteiger partial charge is 0.162 e. The lowest BCUT2D eigenvalue weighted by Gasteiger charge is -2.25. The molecule has 0 radical (unpaired) electrons. The van der Waals surface area contributed by atoms with E-state index in [0.717, 1.165) is 30.6 Å². The normalized spacial score (nSPS) is 19.6. The number of aliphatic hydroxyl groups excluding tert-OH is 1. The standard InChI is InChI=1S/C14H19NO2/c1-2-14(17)11-5-7-12(8-6-11)15-9-3-4-13(15)10-16/h5-8,13,16H,2-4,9-10H2,1H3. The predicted octanol–water partition coefficient (Wildman–Crippen LogP) is 2.24. The summed E-state index contributed by atoms with van der Waals surface area (Å²) < 4.78 is 0. The molecule has 3 nitrogen and oxygen atoms in total. The Kier molecular flexibility index (Phi) is 3.79. The van der Waals surface area contributed by atoms with Crippen LogP contribution in [0.3, 0.4) is 0 Å². The van der Waals surface area contributed by atoms with Gasteiger partial charge in [-0.3, -0.25) is 4.79 Å². The number of hydrogen-bond donors (Lipinski definition) is 1. The Morgan fingerprint density at radius 1 is 1.41 bits per heavy atom. The van der Waals surface area contributed by atoms with Gasteiger partial charge in [-0.15, -0.1) is 0 Å². The first-order chi connectivity index (χ1) is 8.26. The Balaban J connectivity index is 2.15. The lowest BCUT2D eigenvalue weighted by atomic mass is 10.1. The van der Waals surface area contributed by atoms with Crippen LogP contribution in [0.1, 0.15) is 36.5 Å². The van der Waals surface area contributed by atoms with Crippen LogP contribution < -0.4 is 4.90 Å². The van der Waals surface area contributed by atoms with Gasteiger partial charge in [0.25, 0.3) is 0 Å². The number of carbonyl (C=O) groups is 1. The van der Waals surface area contributed by atoms with Crippen molar-refractivity contribution < 1.29 is 9.90 Å². The van der Waals surface area contributed by atoms with Crippen LogP contribution in [-0.2, 0) is 0 Å². The minimum Gasteiger partial charge on any atom is -0.394 e. The number of carbonyl (C=O) groups excluding carboxylic acids is 1. The van der Waals surface area contributed by atoms with E-state index in [1.807, 2.05) is 31.2 Å². The van der Waals surface area contributed by atoms with Gasteiger partial charge < -0.3 is 10.0 Å². The van der Waals surface area contributed by atoms with Crippen molar-refractivity contribution in [3.8, 4) is 0 Å². The Morgan fingerprint density at radius 3 is 2.71 bits per heavy atom. The van der Waals surface area contributed by atoms with Crippen molar-refractivity contribution in [2.24, 2.45) is 0 Å². The van der Waals surface area contributed by atoms with Gasteiger partial charge in [-0.25, -0.2) is 0 Å². The van der Waals surface area contributed by atoms with Crippen molar-refractivity contribution in [2.75, 3.05) is 18.1 Å². The van der Waals surface area contributed by atoms with Gasteiger partial charge in [-0.1, -0.05) is 6.92 Å². The van der Waals surface area contributed by atoms with Crippen molar-refractivity contribution in [3.63, 3.8) is 0 Å². The number of benzene rings is 1. The molecule has 1 unspecified atom stereocenters. The van der Waals surface area contributed by atoms with Gasteiger partial charge in [0.15, 0.2) is 5.78 Å². The van der Waals surface area contributed by atoms with Gasteiger partial charge >= 0.3 is 0 Å². The van der Waals surface area contributed by atoms with Crippen LogP contribution in [0, 0.1) is 0 Å². The van der Waals surface area contributed by atoms with Gasteiger partial charge in [0, 0.05) is 24.2 Å². The number of Topliss-reactive ketones (excluding diaryl/α,β-unsaturated/α-hetero) is 1. The van der Waals surface area contributed by atoms with E-state index in [2.05, 4.69) is 4.90 Å². The fourth-order valence-corrected chi connectivity index (χ4v) is 2.41. The molecule has 0 aromatic heterocycles. The molecule has 0 bridgehead atoms. The average Bonchev–Trinajstić information content (AvgIpc) is 2.86. The van der Waals surface area contributed by atoms with Crippen molar-refractivity contribution in [3.05, 3.63) is 29.8 Å². The minimum atomic E-state index is 0.177. The first-order valence-electron chi connectivity index (χ1n) is 6.27. The second kappa shape index (κ2) is 5.32. The van der Waals surface area contributed by atoms with Crippen LogP contribution in [0.25, 0.3) is 0 Å². The topological polar surface area (TPSA) is 40.5 Å². The number of anilines is 1. The van der Waals surface area contributed by atoms with Crippen molar-refractivity contribution in [1.29, 1.82) is 0 Å². The third kappa shape index (κ3) is 2.50. The lowest BCUT2D eigenvalue weighted by molar-refractivity contribution is 0.0988. The summed E-state index contributed by atoms with van der Waals surface area (Å²) >= 11 is 0. The van der Waals surface area contributed by atoms with Crippen LogP contribution >= 0.6 is 0 Å². The Labute approximate surface area is 102 Å². The molecule has 0 saturated carbocycles. The molecule has 3 heteroatoms. The Morgan fingerprint density at radius 2 is 2.12 bits per heavy atom. The summed E-state index contributed by atoms with van der Waals surface area (Å²) in [6, 6.07) is 7.97. The Hall–Kier alpha value is -1.35. The summed E-state index contributed by atoms with van der Waals surface area (Å²) in [7, 11) is 0. The average molecular weight is 233 g/mol. The molecule has 1 saturated heterocycles. The maximum atomic E-state index is 11.5. The van der Waals surface area contributed by atoms with Crippen LogP contribution in [0.15, 0.2) is 24.3 Å². The van der Waals surface area contributed by atoms with Crippen LogP contribution in [-0.4, -0.2) is 30.1 Å². The summed E-state index contributed by atoms with van der Waals surface area (Å²) in [5, 5.41) is 9.28. The van der Waals surface area contributed by atoms with Gasteiger partial charge in [-0.05, 0) is 37.1 Å². The SMILES string of the molecule is CCC(=O)c1ccc(N2CCCC2CO)cc1. The second-order valence-electron chi connectivity index (χ2n) is 4.50. The minimum absolute atomic E-state index is 0.177. The molecule has 1 N–H and O–H groups in total. The molecule has 0 amide bonds. The number of ketones is 1. The van der Waals surface area contributed by atoms with Gasteiger partial charge in [-0.2, -0.15) is 0 Å². The third-order valence-corrected chi connectivity index (χ3v) is 3.43. The monoisotopic (exact) mass is 233 g/mol. The van der Waals surface area contributed by atoms with E-state index in [-0.39, 0.29) is 18.4 Å². The summed E-state index contributed by atoms with van der Waals surface area (Å²) in [5.74, 6) is 0.177. The van der Waals surface area contributed by atoms with E-state index in [0.29, 0.717) is 6.42 Å². The van der Waals surface area contributed by atoms with Crippen molar-refractivity contribution >= 4 is 11.5 Å². The predicted molar refractivity (Wildman–Crippen MR) is 68.5 cm³/mol. The molecule has 0 spiro atoms. The molecule has 92 valence electrons. The zero-order chi connectivity index (χ0) is 12.3. The highest BCUT2D eigenvalue weighted by molar-refractivity contribution is 5.96. The molecule has 1 aromatic rings. The third-order valence-electron chi connectivity index (χ3n) is 3.43. The van der Waals surface area contributed by atoms with E-state index in [1.165, 1.54) is 0 Å². The van der Waals surface area contributed by atoms with Crippen molar-refractivity contribution in [1.82, 2.24) is 0 Å². The highest BCUT2D eigenvalue weighted by atomic mass is 16.3. The van der Waals surface area contributed by atoms with Crippen molar-refractivity contribution in [2.45, 2.75) is 32.2 Å². The van der Waals surface area contributed by atoms with Crippen LogP contribution in [0.2, 0.25) is 0 Å². The largest absolute Gasteiger partial charge is 0.394 e. The zero-order valence-electron chi connectivity index (χ0n) is 10.2. The number of rotatable bonds is 4.